The van der Waals surface area contributed by atoms with Crippen LogP contribution in [-0.4, -0.2) is 47.4 Å². The Balaban J connectivity index is 3.38. The number of rotatable bonds is 78. The number of ether oxygens (including phenoxy) is 1. The zero-order chi connectivity index (χ0) is 64.2. The minimum absolute atomic E-state index is 0.0179. The molecular formula is C83H161NO5. The van der Waals surface area contributed by atoms with E-state index >= 15 is 0 Å². The SMILES string of the molecule is CCCCCCCCCCCCCCCCCCCCCCCCCCCC(O)C(CO)NC(=O)CCCCCCCCCCCCCCCCC/C=C\C/C=C\CCCCCCCCCCCOC(=O)CCCCCCCCCCCCCCCCCC. The van der Waals surface area contributed by atoms with Gasteiger partial charge in [0.15, 0.2) is 0 Å². The van der Waals surface area contributed by atoms with Crippen LogP contribution in [0.2, 0.25) is 0 Å². The van der Waals surface area contributed by atoms with Gasteiger partial charge in [-0.25, -0.2) is 0 Å². The molecule has 528 valence electrons. The van der Waals surface area contributed by atoms with Crippen molar-refractivity contribution >= 4 is 11.9 Å². The highest BCUT2D eigenvalue weighted by Crippen LogP contribution is 2.20. The first-order chi connectivity index (χ1) is 44.0. The molecule has 0 bridgehead atoms. The molecule has 0 aliphatic rings. The summed E-state index contributed by atoms with van der Waals surface area (Å²) in [6, 6.07) is -0.543. The zero-order valence-electron chi connectivity index (χ0n) is 60.7. The summed E-state index contributed by atoms with van der Waals surface area (Å²) in [4.78, 5) is 24.7. The summed E-state index contributed by atoms with van der Waals surface area (Å²) >= 11 is 0. The smallest absolute Gasteiger partial charge is 0.305 e. The second-order valence-electron chi connectivity index (χ2n) is 28.5. The fourth-order valence-electron chi connectivity index (χ4n) is 13.3. The van der Waals surface area contributed by atoms with Gasteiger partial charge in [-0.3, -0.25) is 9.59 Å². The van der Waals surface area contributed by atoms with E-state index in [1.165, 1.54) is 392 Å². The summed E-state index contributed by atoms with van der Waals surface area (Å²) < 4.78 is 5.51. The molecule has 1 amide bonds. The number of nitrogens with one attached hydrogen (secondary N) is 1. The summed E-state index contributed by atoms with van der Waals surface area (Å²) in [5, 5.41) is 23.5. The average molecular weight is 1250 g/mol. The van der Waals surface area contributed by atoms with Crippen LogP contribution in [0.5, 0.6) is 0 Å². The highest BCUT2D eigenvalue weighted by molar-refractivity contribution is 5.76. The molecule has 0 aliphatic heterocycles. The molecule has 89 heavy (non-hydrogen) atoms. The molecule has 0 heterocycles. The van der Waals surface area contributed by atoms with Gasteiger partial charge < -0.3 is 20.3 Å². The Labute approximate surface area is 558 Å². The fraction of sp³-hybridized carbons (Fsp3) is 0.928. The second-order valence-corrected chi connectivity index (χ2v) is 28.5. The Morgan fingerprint density at radius 2 is 0.562 bits per heavy atom. The van der Waals surface area contributed by atoms with Crippen molar-refractivity contribution in [3.05, 3.63) is 24.3 Å². The number of amides is 1. The molecule has 0 saturated heterocycles. The highest BCUT2D eigenvalue weighted by atomic mass is 16.5. The van der Waals surface area contributed by atoms with Crippen molar-refractivity contribution in [1.29, 1.82) is 0 Å². The number of hydrogen-bond donors (Lipinski definition) is 3. The van der Waals surface area contributed by atoms with Gasteiger partial charge in [0.2, 0.25) is 5.91 Å². The van der Waals surface area contributed by atoms with Gasteiger partial charge in [0.05, 0.1) is 25.4 Å². The summed E-state index contributed by atoms with van der Waals surface area (Å²) in [5.41, 5.74) is 0. The molecule has 0 spiro atoms. The molecule has 0 fully saturated rings. The van der Waals surface area contributed by atoms with Crippen molar-refractivity contribution < 1.29 is 24.5 Å². The Bertz CT molecular complexity index is 1400. The van der Waals surface area contributed by atoms with Crippen LogP contribution in [0.1, 0.15) is 470 Å². The molecular weight excluding hydrogens is 1090 g/mol. The number of unbranched alkanes of at least 4 members (excludes halogenated alkanes) is 63. The third-order valence-electron chi connectivity index (χ3n) is 19.5. The normalized spacial score (nSPS) is 12.5. The van der Waals surface area contributed by atoms with E-state index in [2.05, 4.69) is 43.5 Å². The van der Waals surface area contributed by atoms with Gasteiger partial charge in [0, 0.05) is 12.8 Å². The maximum Gasteiger partial charge on any atom is 0.305 e. The van der Waals surface area contributed by atoms with Gasteiger partial charge in [-0.1, -0.05) is 423 Å². The average Bonchev–Trinajstić information content (AvgIpc) is 3.62. The van der Waals surface area contributed by atoms with E-state index in [0.29, 0.717) is 25.9 Å². The Morgan fingerprint density at radius 1 is 0.315 bits per heavy atom. The van der Waals surface area contributed by atoms with Crippen LogP contribution < -0.4 is 5.32 Å². The number of aliphatic hydroxyl groups excluding tert-OH is 2. The van der Waals surface area contributed by atoms with Gasteiger partial charge >= 0.3 is 5.97 Å². The number of carbonyl (C=O) groups excluding carboxylic acids is 2. The third-order valence-corrected chi connectivity index (χ3v) is 19.5. The predicted molar refractivity (Wildman–Crippen MR) is 393 cm³/mol. The number of aliphatic hydroxyl groups is 2. The Kier molecular flexibility index (Phi) is 77.3. The first kappa shape index (κ1) is 87.3. The molecule has 2 unspecified atom stereocenters. The van der Waals surface area contributed by atoms with Crippen LogP contribution in [-0.2, 0) is 14.3 Å². The first-order valence-corrected chi connectivity index (χ1v) is 41.1. The summed E-state index contributed by atoms with van der Waals surface area (Å²) in [5.74, 6) is -0.0104. The third kappa shape index (κ3) is 75.3. The molecule has 3 N–H and O–H groups in total. The van der Waals surface area contributed by atoms with E-state index in [0.717, 1.165) is 44.9 Å². The van der Waals surface area contributed by atoms with Crippen LogP contribution in [0.3, 0.4) is 0 Å². The lowest BCUT2D eigenvalue weighted by molar-refractivity contribution is -0.143. The number of hydrogen-bond acceptors (Lipinski definition) is 5. The lowest BCUT2D eigenvalue weighted by Gasteiger charge is -2.22. The molecule has 0 aliphatic carbocycles. The minimum atomic E-state index is -0.666. The van der Waals surface area contributed by atoms with Crippen LogP contribution in [0.15, 0.2) is 24.3 Å². The number of esters is 1. The molecule has 0 radical (unpaired) electrons. The van der Waals surface area contributed by atoms with Crippen molar-refractivity contribution in [3.63, 3.8) is 0 Å². The van der Waals surface area contributed by atoms with E-state index < -0.39 is 12.1 Å². The molecule has 6 heteroatoms. The monoisotopic (exact) mass is 1250 g/mol. The van der Waals surface area contributed by atoms with E-state index in [1.54, 1.807) is 0 Å². The molecule has 0 saturated carbocycles. The first-order valence-electron chi connectivity index (χ1n) is 41.1. The van der Waals surface area contributed by atoms with Gasteiger partial charge in [-0.05, 0) is 57.8 Å². The highest BCUT2D eigenvalue weighted by Gasteiger charge is 2.20. The number of allylic oxidation sites excluding steroid dienone is 4. The van der Waals surface area contributed by atoms with Crippen molar-refractivity contribution in [1.82, 2.24) is 5.32 Å². The number of carbonyl (C=O) groups is 2. The standard InChI is InChI=1S/C83H161NO5/c1-3-5-7-9-11-13-15-17-19-21-22-23-24-32-35-38-41-44-47-51-55-59-63-67-71-75-81(86)80(79-85)84-82(87)76-72-68-64-60-56-52-48-45-42-39-36-33-30-28-26-25-27-29-31-34-37-40-43-46-50-54-58-62-66-70-74-78-89-83(88)77-73-69-65-61-57-53-49-20-18-16-14-12-10-8-6-4-2/h27,29,34,37,80-81,85-86H,3-26,28,30-33,35-36,38-79H2,1-2H3,(H,84,87)/b29-27-,37-34-. The summed E-state index contributed by atoms with van der Waals surface area (Å²) in [6.07, 6.45) is 101. The van der Waals surface area contributed by atoms with E-state index in [9.17, 15) is 19.8 Å². The predicted octanol–water partition coefficient (Wildman–Crippen LogP) is 27.2. The molecule has 0 aromatic rings. The van der Waals surface area contributed by atoms with Gasteiger partial charge in [-0.15, -0.1) is 0 Å². The minimum Gasteiger partial charge on any atom is -0.466 e. The lowest BCUT2D eigenvalue weighted by Crippen LogP contribution is -2.45. The molecule has 6 nitrogen and oxygen atoms in total. The van der Waals surface area contributed by atoms with Gasteiger partial charge in [0.25, 0.3) is 0 Å². The van der Waals surface area contributed by atoms with Gasteiger partial charge in [0.1, 0.15) is 0 Å². The van der Waals surface area contributed by atoms with Crippen molar-refractivity contribution in [2.45, 2.75) is 482 Å². The van der Waals surface area contributed by atoms with Crippen molar-refractivity contribution in [2.75, 3.05) is 13.2 Å². The topological polar surface area (TPSA) is 95.9 Å². The molecule has 0 rings (SSSR count). The van der Waals surface area contributed by atoms with Gasteiger partial charge in [-0.2, -0.15) is 0 Å². The van der Waals surface area contributed by atoms with E-state index in [4.69, 9.17) is 4.74 Å². The van der Waals surface area contributed by atoms with Crippen LogP contribution in [0.25, 0.3) is 0 Å². The summed E-state index contributed by atoms with van der Waals surface area (Å²) in [7, 11) is 0. The second kappa shape index (κ2) is 78.8. The Hall–Kier alpha value is -1.66. The van der Waals surface area contributed by atoms with E-state index in [-0.39, 0.29) is 18.5 Å². The van der Waals surface area contributed by atoms with Crippen molar-refractivity contribution in [2.24, 2.45) is 0 Å². The molecule has 0 aromatic carbocycles. The summed E-state index contributed by atoms with van der Waals surface area (Å²) in [6.45, 7) is 5.01. The van der Waals surface area contributed by atoms with Crippen LogP contribution in [0, 0.1) is 0 Å². The lowest BCUT2D eigenvalue weighted by atomic mass is 10.0. The van der Waals surface area contributed by atoms with E-state index in [1.807, 2.05) is 0 Å². The van der Waals surface area contributed by atoms with Crippen LogP contribution in [0.4, 0.5) is 0 Å². The Morgan fingerprint density at radius 3 is 0.854 bits per heavy atom. The fourth-order valence-corrected chi connectivity index (χ4v) is 13.3. The largest absolute Gasteiger partial charge is 0.466 e. The quantitative estimate of drug-likeness (QED) is 0.0320. The maximum atomic E-state index is 12.6. The zero-order valence-corrected chi connectivity index (χ0v) is 60.7. The molecule has 2 atom stereocenters. The molecule has 0 aromatic heterocycles. The maximum absolute atomic E-state index is 12.6. The van der Waals surface area contributed by atoms with Crippen LogP contribution >= 0.6 is 0 Å². The van der Waals surface area contributed by atoms with Crippen molar-refractivity contribution in [3.8, 4) is 0 Å².